The maximum atomic E-state index is 5.83. The van der Waals surface area contributed by atoms with E-state index < -0.39 is 16.9 Å². The van der Waals surface area contributed by atoms with E-state index in [1.165, 1.54) is 0 Å². The predicted octanol–water partition coefficient (Wildman–Crippen LogP) is 2.61. The van der Waals surface area contributed by atoms with E-state index in [-0.39, 0.29) is 0 Å². The largest absolute Gasteiger partial charge is 0.419 e. The Hall–Kier alpha value is -0.206. The summed E-state index contributed by atoms with van der Waals surface area (Å²) >= 11 is 0. The van der Waals surface area contributed by atoms with Crippen LogP contribution in [-0.2, 0) is 13.3 Å². The van der Waals surface area contributed by atoms with Crippen LogP contribution in [0.1, 0.15) is 0 Å². The van der Waals surface area contributed by atoms with Gasteiger partial charge in [0, 0.05) is 32.5 Å². The Morgan fingerprint density at radius 2 is 1.44 bits per heavy atom. The van der Waals surface area contributed by atoms with Crippen LogP contribution in [0.25, 0.3) is 0 Å². The Morgan fingerprint density at radius 1 is 0.938 bits per heavy atom. The Morgan fingerprint density at radius 3 is 1.81 bits per heavy atom. The molecule has 0 radical (unpaired) electrons. The summed E-state index contributed by atoms with van der Waals surface area (Å²) < 4.78 is 17.0. The van der Waals surface area contributed by atoms with Crippen LogP contribution >= 0.6 is 0 Å². The molecule has 1 aliphatic rings. The number of rotatable bonds is 6. The van der Waals surface area contributed by atoms with Crippen LogP contribution in [0.5, 0.6) is 0 Å². The maximum Gasteiger partial charge on any atom is 0.333 e. The van der Waals surface area contributed by atoms with E-state index in [2.05, 4.69) is 37.4 Å². The van der Waals surface area contributed by atoms with Gasteiger partial charge in [-0.2, -0.15) is 0 Å². The van der Waals surface area contributed by atoms with Crippen LogP contribution in [0.3, 0.4) is 0 Å². The Labute approximate surface area is 100 Å². The summed E-state index contributed by atoms with van der Waals surface area (Å²) in [5, 5.41) is 0. The molecular formula is C11H22O3Si2. The smallest absolute Gasteiger partial charge is 0.333 e. The monoisotopic (exact) mass is 258 g/mol. The second kappa shape index (κ2) is 5.42. The van der Waals surface area contributed by atoms with Crippen molar-refractivity contribution in [2.24, 2.45) is 0 Å². The minimum Gasteiger partial charge on any atom is -0.419 e. The van der Waals surface area contributed by atoms with Crippen molar-refractivity contribution in [2.75, 3.05) is 21.3 Å². The number of allylic oxidation sites excluding steroid dienone is 4. The lowest BCUT2D eigenvalue weighted by atomic mass is 10.5. The van der Waals surface area contributed by atoms with E-state index in [4.69, 9.17) is 13.3 Å². The van der Waals surface area contributed by atoms with Crippen molar-refractivity contribution in [2.45, 2.75) is 24.3 Å². The molecule has 0 aromatic rings. The minimum absolute atomic E-state index is 0.439. The van der Waals surface area contributed by atoms with Crippen LogP contribution in [0.15, 0.2) is 24.3 Å². The fraction of sp³-hybridized carbons (Fsp3) is 0.636. The quantitative estimate of drug-likeness (QED) is 0.686. The van der Waals surface area contributed by atoms with Crippen LogP contribution < -0.4 is 0 Å². The van der Waals surface area contributed by atoms with Gasteiger partial charge in [-0.3, -0.25) is 0 Å². The van der Waals surface area contributed by atoms with Gasteiger partial charge in [0.05, 0.1) is 0 Å². The van der Waals surface area contributed by atoms with Crippen molar-refractivity contribution < 1.29 is 13.3 Å². The highest BCUT2D eigenvalue weighted by Crippen LogP contribution is 2.35. The van der Waals surface area contributed by atoms with Crippen molar-refractivity contribution in [1.29, 1.82) is 0 Å². The summed E-state index contributed by atoms with van der Waals surface area (Å²) in [6, 6.07) is 0. The van der Waals surface area contributed by atoms with Crippen LogP contribution in [-0.4, -0.2) is 38.2 Å². The first kappa shape index (κ1) is 13.9. The van der Waals surface area contributed by atoms with Crippen molar-refractivity contribution in [1.82, 2.24) is 0 Å². The topological polar surface area (TPSA) is 27.7 Å². The van der Waals surface area contributed by atoms with E-state index >= 15 is 0 Å². The molecule has 0 N–H and O–H groups in total. The predicted molar refractivity (Wildman–Crippen MR) is 71.1 cm³/mol. The van der Waals surface area contributed by atoms with Crippen molar-refractivity contribution >= 4 is 16.9 Å². The average Bonchev–Trinajstić information content (AvgIpc) is 2.83. The SMILES string of the molecule is CO[Si](C)(C[Si](C)(OC)C1C=CC=C1)OC. The van der Waals surface area contributed by atoms with Gasteiger partial charge in [0.1, 0.15) is 0 Å². The summed E-state index contributed by atoms with van der Waals surface area (Å²) in [4.78, 5) is 0. The molecule has 16 heavy (non-hydrogen) atoms. The molecule has 0 spiro atoms. The van der Waals surface area contributed by atoms with Gasteiger partial charge in [0.2, 0.25) is 8.32 Å². The zero-order valence-electron chi connectivity index (χ0n) is 10.8. The van der Waals surface area contributed by atoms with E-state index in [0.717, 1.165) is 5.67 Å². The summed E-state index contributed by atoms with van der Waals surface area (Å²) in [5.41, 5.74) is 1.39. The Kier molecular flexibility index (Phi) is 4.69. The summed E-state index contributed by atoms with van der Waals surface area (Å²) in [5.74, 6) is 0. The lowest BCUT2D eigenvalue weighted by Gasteiger charge is -2.35. The number of hydrogen-bond donors (Lipinski definition) is 0. The maximum absolute atomic E-state index is 5.83. The van der Waals surface area contributed by atoms with Gasteiger partial charge in [-0.05, 0) is 13.1 Å². The second-order valence-corrected chi connectivity index (χ2v) is 12.7. The lowest BCUT2D eigenvalue weighted by Crippen LogP contribution is -2.50. The fourth-order valence-electron chi connectivity index (χ4n) is 2.03. The molecule has 0 aromatic heterocycles. The van der Waals surface area contributed by atoms with Gasteiger partial charge in [0.15, 0.2) is 0 Å². The van der Waals surface area contributed by atoms with Gasteiger partial charge in [0.25, 0.3) is 0 Å². The van der Waals surface area contributed by atoms with E-state index in [0.29, 0.717) is 5.54 Å². The van der Waals surface area contributed by atoms with Gasteiger partial charge >= 0.3 is 8.56 Å². The molecule has 3 nitrogen and oxygen atoms in total. The zero-order chi connectivity index (χ0) is 12.2. The molecule has 92 valence electrons. The highest BCUT2D eigenvalue weighted by molar-refractivity contribution is 6.89. The summed E-state index contributed by atoms with van der Waals surface area (Å²) in [6.45, 7) is 4.35. The highest BCUT2D eigenvalue weighted by Gasteiger charge is 2.45. The molecule has 1 unspecified atom stereocenters. The molecule has 1 atom stereocenters. The molecule has 0 heterocycles. The van der Waals surface area contributed by atoms with E-state index in [9.17, 15) is 0 Å². The molecule has 0 aromatic carbocycles. The van der Waals surface area contributed by atoms with Crippen molar-refractivity contribution in [3.8, 4) is 0 Å². The molecular weight excluding hydrogens is 236 g/mol. The molecule has 0 saturated carbocycles. The van der Waals surface area contributed by atoms with Gasteiger partial charge < -0.3 is 13.3 Å². The Bertz CT molecular complexity index is 275. The third kappa shape index (κ3) is 2.92. The molecule has 0 saturated heterocycles. The first-order valence-electron chi connectivity index (χ1n) is 5.50. The van der Waals surface area contributed by atoms with Crippen LogP contribution in [0, 0.1) is 0 Å². The van der Waals surface area contributed by atoms with E-state index in [1.807, 2.05) is 7.11 Å². The minimum atomic E-state index is -2.05. The molecule has 1 rings (SSSR count). The van der Waals surface area contributed by atoms with Crippen LogP contribution in [0.2, 0.25) is 24.3 Å². The van der Waals surface area contributed by atoms with Gasteiger partial charge in [-0.15, -0.1) is 0 Å². The summed E-state index contributed by atoms with van der Waals surface area (Å²) in [7, 11) is 1.40. The van der Waals surface area contributed by atoms with Gasteiger partial charge in [-0.1, -0.05) is 24.3 Å². The standard InChI is InChI=1S/C11H22O3Si2/c1-12-15(4,11-8-6-7-9-11)10-16(5,13-2)14-3/h6-9,11H,10H2,1-5H3. The van der Waals surface area contributed by atoms with E-state index in [1.54, 1.807) is 14.2 Å². The zero-order valence-corrected chi connectivity index (χ0v) is 12.8. The Balaban J connectivity index is 2.80. The van der Waals surface area contributed by atoms with Crippen LogP contribution in [0.4, 0.5) is 0 Å². The molecule has 0 amide bonds. The molecule has 5 heteroatoms. The fourth-order valence-corrected chi connectivity index (χ4v) is 11.3. The molecule has 0 aliphatic heterocycles. The highest BCUT2D eigenvalue weighted by atomic mass is 28.4. The molecule has 0 bridgehead atoms. The first-order chi connectivity index (χ1) is 7.49. The first-order valence-corrected chi connectivity index (χ1v) is 10.7. The van der Waals surface area contributed by atoms with Gasteiger partial charge in [-0.25, -0.2) is 0 Å². The molecule has 0 fully saturated rings. The third-order valence-electron chi connectivity index (χ3n) is 3.46. The normalized spacial score (nSPS) is 20.3. The van der Waals surface area contributed by atoms with Crippen molar-refractivity contribution in [3.05, 3.63) is 24.3 Å². The van der Waals surface area contributed by atoms with Crippen molar-refractivity contribution in [3.63, 3.8) is 0 Å². The number of hydrogen-bond acceptors (Lipinski definition) is 3. The molecule has 1 aliphatic carbocycles. The lowest BCUT2D eigenvalue weighted by molar-refractivity contribution is 0.251. The third-order valence-corrected chi connectivity index (χ3v) is 13.3. The average molecular weight is 258 g/mol. The summed E-state index contributed by atoms with van der Waals surface area (Å²) in [6.07, 6.45) is 8.62. The second-order valence-electron chi connectivity index (χ2n) is 4.53.